The van der Waals surface area contributed by atoms with E-state index in [4.69, 9.17) is 4.74 Å². The Morgan fingerprint density at radius 1 is 1.26 bits per heavy atom. The SMILES string of the molecule is COC(=O)N1CC[C@H](N[C@H](c2ccccc2)c2ccccn2)C1. The number of amides is 1. The third kappa shape index (κ3) is 3.68. The topological polar surface area (TPSA) is 54.5 Å². The summed E-state index contributed by atoms with van der Waals surface area (Å²) < 4.78 is 4.80. The van der Waals surface area contributed by atoms with Crippen molar-refractivity contribution in [2.75, 3.05) is 20.2 Å². The Bertz CT molecular complexity index is 594. The molecule has 3 rings (SSSR count). The number of hydrogen-bond donors (Lipinski definition) is 1. The van der Waals surface area contributed by atoms with E-state index in [2.05, 4.69) is 22.4 Å². The van der Waals surface area contributed by atoms with Crippen molar-refractivity contribution in [2.45, 2.75) is 18.5 Å². The minimum atomic E-state index is -0.261. The second kappa shape index (κ2) is 7.24. The number of aromatic nitrogens is 1. The Labute approximate surface area is 136 Å². The van der Waals surface area contributed by atoms with Gasteiger partial charge in [0, 0.05) is 25.3 Å². The molecule has 1 aliphatic heterocycles. The Morgan fingerprint density at radius 2 is 2.04 bits per heavy atom. The predicted molar refractivity (Wildman–Crippen MR) is 88.0 cm³/mol. The van der Waals surface area contributed by atoms with Gasteiger partial charge in [-0.1, -0.05) is 36.4 Å². The summed E-state index contributed by atoms with van der Waals surface area (Å²) in [5.74, 6) is 0. The van der Waals surface area contributed by atoms with Crippen LogP contribution in [-0.2, 0) is 4.74 Å². The number of methoxy groups -OCH3 is 1. The Balaban J connectivity index is 1.77. The fraction of sp³-hybridized carbons (Fsp3) is 0.333. The molecule has 0 radical (unpaired) electrons. The van der Waals surface area contributed by atoms with Crippen molar-refractivity contribution < 1.29 is 9.53 Å². The van der Waals surface area contributed by atoms with Gasteiger partial charge in [0.25, 0.3) is 0 Å². The van der Waals surface area contributed by atoms with Crippen LogP contribution in [0.2, 0.25) is 0 Å². The predicted octanol–water partition coefficient (Wildman–Crippen LogP) is 2.60. The molecule has 0 saturated carbocycles. The number of carbonyl (C=O) groups excluding carboxylic acids is 1. The molecule has 5 heteroatoms. The van der Waals surface area contributed by atoms with Crippen molar-refractivity contribution in [1.82, 2.24) is 15.2 Å². The molecule has 1 fully saturated rings. The molecule has 120 valence electrons. The number of ether oxygens (including phenoxy) is 1. The van der Waals surface area contributed by atoms with Crippen LogP contribution in [-0.4, -0.2) is 42.2 Å². The van der Waals surface area contributed by atoms with Gasteiger partial charge in [0.05, 0.1) is 18.8 Å². The Morgan fingerprint density at radius 3 is 2.74 bits per heavy atom. The lowest BCUT2D eigenvalue weighted by atomic mass is 10.0. The lowest BCUT2D eigenvalue weighted by molar-refractivity contribution is 0.132. The van der Waals surface area contributed by atoms with Crippen LogP contribution in [0.25, 0.3) is 0 Å². The first-order valence-corrected chi connectivity index (χ1v) is 7.82. The number of nitrogens with zero attached hydrogens (tertiary/aromatic N) is 2. The molecule has 2 atom stereocenters. The fourth-order valence-electron chi connectivity index (χ4n) is 2.97. The maximum absolute atomic E-state index is 11.6. The van der Waals surface area contributed by atoms with Gasteiger partial charge in [-0.2, -0.15) is 0 Å². The lowest BCUT2D eigenvalue weighted by Gasteiger charge is -2.23. The van der Waals surface area contributed by atoms with Crippen LogP contribution in [0.5, 0.6) is 0 Å². The summed E-state index contributed by atoms with van der Waals surface area (Å²) in [7, 11) is 1.42. The van der Waals surface area contributed by atoms with Gasteiger partial charge in [-0.3, -0.25) is 4.98 Å². The summed E-state index contributed by atoms with van der Waals surface area (Å²) in [5, 5.41) is 3.65. The van der Waals surface area contributed by atoms with E-state index < -0.39 is 0 Å². The zero-order chi connectivity index (χ0) is 16.1. The number of nitrogens with one attached hydrogen (secondary N) is 1. The van der Waals surface area contributed by atoms with E-state index in [9.17, 15) is 4.79 Å². The molecule has 1 N–H and O–H groups in total. The average Bonchev–Trinajstić information content (AvgIpc) is 3.09. The number of likely N-dealkylation sites (tertiary alicyclic amines) is 1. The number of hydrogen-bond acceptors (Lipinski definition) is 4. The smallest absolute Gasteiger partial charge is 0.409 e. The third-order valence-electron chi connectivity index (χ3n) is 4.14. The van der Waals surface area contributed by atoms with Gasteiger partial charge in [-0.25, -0.2) is 4.79 Å². The zero-order valence-corrected chi connectivity index (χ0v) is 13.2. The van der Waals surface area contributed by atoms with Crippen molar-refractivity contribution in [2.24, 2.45) is 0 Å². The second-order valence-corrected chi connectivity index (χ2v) is 5.67. The molecular formula is C18H21N3O2. The fourth-order valence-corrected chi connectivity index (χ4v) is 2.97. The van der Waals surface area contributed by atoms with E-state index in [1.165, 1.54) is 12.7 Å². The average molecular weight is 311 g/mol. The largest absolute Gasteiger partial charge is 0.453 e. The van der Waals surface area contributed by atoms with E-state index in [-0.39, 0.29) is 18.2 Å². The van der Waals surface area contributed by atoms with Crippen LogP contribution >= 0.6 is 0 Å². The van der Waals surface area contributed by atoms with Crippen LogP contribution in [0.4, 0.5) is 4.79 Å². The van der Waals surface area contributed by atoms with E-state index >= 15 is 0 Å². The van der Waals surface area contributed by atoms with Crippen LogP contribution < -0.4 is 5.32 Å². The van der Waals surface area contributed by atoms with Crippen LogP contribution in [0.15, 0.2) is 54.7 Å². The summed E-state index contributed by atoms with van der Waals surface area (Å²) in [6, 6.07) is 16.4. The van der Waals surface area contributed by atoms with Gasteiger partial charge >= 0.3 is 6.09 Å². The van der Waals surface area contributed by atoms with Gasteiger partial charge in [-0.05, 0) is 24.1 Å². The van der Waals surface area contributed by atoms with Gasteiger partial charge in [0.15, 0.2) is 0 Å². The number of carbonyl (C=O) groups is 1. The monoisotopic (exact) mass is 311 g/mol. The molecule has 0 aliphatic carbocycles. The minimum Gasteiger partial charge on any atom is -0.453 e. The quantitative estimate of drug-likeness (QED) is 0.943. The summed E-state index contributed by atoms with van der Waals surface area (Å²) in [4.78, 5) is 17.9. The van der Waals surface area contributed by atoms with E-state index in [1.54, 1.807) is 4.90 Å². The molecule has 5 nitrogen and oxygen atoms in total. The summed E-state index contributed by atoms with van der Waals surface area (Å²) in [5.41, 5.74) is 2.15. The van der Waals surface area contributed by atoms with Gasteiger partial charge in [-0.15, -0.1) is 0 Å². The van der Waals surface area contributed by atoms with Gasteiger partial charge in [0.2, 0.25) is 0 Å². The summed E-state index contributed by atoms with van der Waals surface area (Å²) >= 11 is 0. The second-order valence-electron chi connectivity index (χ2n) is 5.67. The molecule has 1 aromatic carbocycles. The highest BCUT2D eigenvalue weighted by molar-refractivity contribution is 5.67. The number of benzene rings is 1. The van der Waals surface area contributed by atoms with E-state index in [0.717, 1.165) is 12.1 Å². The molecule has 1 aliphatic rings. The van der Waals surface area contributed by atoms with Gasteiger partial charge in [0.1, 0.15) is 0 Å². The highest BCUT2D eigenvalue weighted by Crippen LogP contribution is 2.23. The Kier molecular flexibility index (Phi) is 4.88. The molecular weight excluding hydrogens is 290 g/mol. The third-order valence-corrected chi connectivity index (χ3v) is 4.14. The number of pyridine rings is 1. The molecule has 2 heterocycles. The van der Waals surface area contributed by atoms with Crippen LogP contribution in [0.1, 0.15) is 23.7 Å². The molecule has 0 bridgehead atoms. The van der Waals surface area contributed by atoms with Crippen molar-refractivity contribution in [3.63, 3.8) is 0 Å². The summed E-state index contributed by atoms with van der Waals surface area (Å²) in [6.07, 6.45) is 2.46. The molecule has 23 heavy (non-hydrogen) atoms. The molecule has 0 unspecified atom stereocenters. The zero-order valence-electron chi connectivity index (χ0n) is 13.2. The first kappa shape index (κ1) is 15.5. The van der Waals surface area contributed by atoms with Crippen LogP contribution in [0.3, 0.4) is 0 Å². The standard InChI is InChI=1S/C18H21N3O2/c1-23-18(22)21-12-10-15(13-21)20-17(14-7-3-2-4-8-14)16-9-5-6-11-19-16/h2-9,11,15,17,20H,10,12-13H2,1H3/t15-,17+/m0/s1. The molecule has 1 aromatic heterocycles. The molecule has 0 spiro atoms. The summed E-state index contributed by atoms with van der Waals surface area (Å²) in [6.45, 7) is 1.37. The molecule has 2 aromatic rings. The van der Waals surface area contributed by atoms with Crippen molar-refractivity contribution in [1.29, 1.82) is 0 Å². The highest BCUT2D eigenvalue weighted by atomic mass is 16.5. The molecule has 1 saturated heterocycles. The van der Waals surface area contributed by atoms with Crippen molar-refractivity contribution in [3.05, 3.63) is 66.0 Å². The van der Waals surface area contributed by atoms with Crippen molar-refractivity contribution in [3.8, 4) is 0 Å². The molecule has 1 amide bonds. The highest BCUT2D eigenvalue weighted by Gasteiger charge is 2.29. The first-order chi connectivity index (χ1) is 11.3. The van der Waals surface area contributed by atoms with E-state index in [0.29, 0.717) is 13.1 Å². The number of rotatable bonds is 4. The normalized spacial score (nSPS) is 18.7. The minimum absolute atomic E-state index is 0.0139. The van der Waals surface area contributed by atoms with Crippen molar-refractivity contribution >= 4 is 6.09 Å². The van der Waals surface area contributed by atoms with E-state index in [1.807, 2.05) is 42.6 Å². The lowest BCUT2D eigenvalue weighted by Crippen LogP contribution is -2.37. The maximum atomic E-state index is 11.6. The van der Waals surface area contributed by atoms with Gasteiger partial charge < -0.3 is 15.0 Å². The van der Waals surface area contributed by atoms with Crippen LogP contribution in [0, 0.1) is 0 Å². The Hall–Kier alpha value is -2.40. The first-order valence-electron chi connectivity index (χ1n) is 7.82. The maximum Gasteiger partial charge on any atom is 0.409 e.